The zero-order valence-electron chi connectivity index (χ0n) is 33.7. The van der Waals surface area contributed by atoms with Crippen LogP contribution in [-0.4, -0.2) is 55.1 Å². The number of aromatic hydroxyl groups is 1. The molecule has 4 amide bonds. The summed E-state index contributed by atoms with van der Waals surface area (Å²) in [5.41, 5.74) is -2.01. The standard InChI is InChI=1S/C45H35Cl2F6N3O8/c1-62-27-8-5-22(6-9-27)43-31(12-4-21-14-35(63-2)38(57)36(15-21)64-3)28-10-11-29-37(30(28)20-32(43)40(59)56(42(43)61)54-34-13-7-25(46)19-33(34)47)41(60)55(39(29)58)26-17-23(44(48,49)50)16-24(18-26)45(51,52)53/h4-10,12-19,29-32,37,54,57H,11,20H2,1-3H3/t29-,30+,31-,32-,37-,43-/m0/s1. The summed E-state index contributed by atoms with van der Waals surface area (Å²) in [4.78, 5) is 59.6. The molecule has 6 atom stereocenters. The number of carbonyl (C=O) groups is 4. The smallest absolute Gasteiger partial charge is 0.416 e. The molecule has 64 heavy (non-hydrogen) atoms. The fourth-order valence-corrected chi connectivity index (χ4v) is 10.1. The van der Waals surface area contributed by atoms with Crippen molar-refractivity contribution in [3.63, 3.8) is 0 Å². The van der Waals surface area contributed by atoms with Gasteiger partial charge in [0.25, 0.3) is 11.8 Å². The lowest BCUT2D eigenvalue weighted by molar-refractivity contribution is -0.143. The van der Waals surface area contributed by atoms with Gasteiger partial charge in [-0.2, -0.15) is 31.4 Å². The molecule has 2 heterocycles. The second kappa shape index (κ2) is 16.1. The SMILES string of the molecule is COc1ccc([C@@]23C(=O)N(Nc4ccc(Cl)cc4Cl)C(=O)[C@@H]2C[C@@H]2C(=CC[C@@H]4C(=O)N(c5cc(C(F)(F)F)cc(C(F)(F)F)c5)C(=O)[C@@H]42)[C@@H]3C=Cc2cc(OC)c(O)c(OC)c2)cc1. The maximum Gasteiger partial charge on any atom is 0.416 e. The monoisotopic (exact) mass is 929 g/mol. The second-order valence-corrected chi connectivity index (χ2v) is 16.5. The molecule has 11 nitrogen and oxygen atoms in total. The third-order valence-electron chi connectivity index (χ3n) is 12.5. The van der Waals surface area contributed by atoms with E-state index < -0.39 is 87.8 Å². The lowest BCUT2D eigenvalue weighted by Gasteiger charge is -2.49. The van der Waals surface area contributed by atoms with Gasteiger partial charge in [-0.3, -0.25) is 24.6 Å². The Morgan fingerprint density at radius 3 is 1.97 bits per heavy atom. The molecule has 1 saturated carbocycles. The number of nitrogens with zero attached hydrogens (tertiary/aromatic N) is 2. The van der Waals surface area contributed by atoms with E-state index in [1.165, 1.54) is 51.7 Å². The van der Waals surface area contributed by atoms with E-state index in [1.807, 2.05) is 0 Å². The summed E-state index contributed by atoms with van der Waals surface area (Å²) in [6.45, 7) is 0. The number of phenols is 1. The number of carbonyl (C=O) groups excluding carboxylic acids is 4. The number of hydrogen-bond acceptors (Lipinski definition) is 9. The molecule has 4 aliphatic rings. The molecular weight excluding hydrogens is 895 g/mol. The van der Waals surface area contributed by atoms with E-state index >= 15 is 4.79 Å². The Labute approximate surface area is 370 Å². The normalized spacial score (nSPS) is 24.4. The fraction of sp³-hybridized carbons (Fsp3) is 0.289. The molecule has 8 rings (SSSR count). The van der Waals surface area contributed by atoms with Gasteiger partial charge in [-0.15, -0.1) is 0 Å². The molecule has 0 aromatic heterocycles. The van der Waals surface area contributed by atoms with Crippen molar-refractivity contribution >= 4 is 64.3 Å². The van der Waals surface area contributed by atoms with Crippen molar-refractivity contribution in [1.29, 1.82) is 0 Å². The van der Waals surface area contributed by atoms with Crippen molar-refractivity contribution < 1.29 is 64.8 Å². The first-order chi connectivity index (χ1) is 30.2. The molecule has 0 radical (unpaired) electrons. The number of benzene rings is 4. The predicted molar refractivity (Wildman–Crippen MR) is 221 cm³/mol. The van der Waals surface area contributed by atoms with E-state index in [1.54, 1.807) is 42.5 Å². The van der Waals surface area contributed by atoms with Crippen LogP contribution >= 0.6 is 23.2 Å². The Morgan fingerprint density at radius 2 is 1.41 bits per heavy atom. The van der Waals surface area contributed by atoms with Crippen LogP contribution in [0.5, 0.6) is 23.0 Å². The summed E-state index contributed by atoms with van der Waals surface area (Å²) in [5.74, 6) is -9.50. The third kappa shape index (κ3) is 7.18. The average Bonchev–Trinajstić information content (AvgIpc) is 3.64. The van der Waals surface area contributed by atoms with Crippen molar-refractivity contribution in [2.45, 2.75) is 30.6 Å². The number of hydrazine groups is 1. The summed E-state index contributed by atoms with van der Waals surface area (Å²) < 4.78 is 100. The van der Waals surface area contributed by atoms with E-state index in [9.17, 15) is 45.8 Å². The van der Waals surface area contributed by atoms with E-state index in [-0.39, 0.29) is 51.9 Å². The van der Waals surface area contributed by atoms with Gasteiger partial charge in [0, 0.05) is 10.9 Å². The van der Waals surface area contributed by atoms with Gasteiger partial charge in [-0.1, -0.05) is 59.1 Å². The number of ether oxygens (including phenoxy) is 3. The fourth-order valence-electron chi connectivity index (χ4n) is 9.63. The first-order valence-electron chi connectivity index (χ1n) is 19.5. The Hall–Kier alpha value is -6.20. The summed E-state index contributed by atoms with van der Waals surface area (Å²) in [5, 5.41) is 11.8. The van der Waals surface area contributed by atoms with Gasteiger partial charge in [0.1, 0.15) is 5.75 Å². The molecule has 2 saturated heterocycles. The van der Waals surface area contributed by atoms with E-state index in [0.29, 0.717) is 39.5 Å². The van der Waals surface area contributed by atoms with Gasteiger partial charge in [-0.25, -0.2) is 4.90 Å². The Bertz CT molecular complexity index is 2610. The summed E-state index contributed by atoms with van der Waals surface area (Å²) in [7, 11) is 4.09. The van der Waals surface area contributed by atoms with Crippen molar-refractivity contribution in [2.24, 2.45) is 29.6 Å². The van der Waals surface area contributed by atoms with Crippen LogP contribution in [0.1, 0.15) is 35.1 Å². The van der Waals surface area contributed by atoms with Crippen LogP contribution < -0.4 is 24.5 Å². The van der Waals surface area contributed by atoms with Gasteiger partial charge < -0.3 is 19.3 Å². The highest BCUT2D eigenvalue weighted by atomic mass is 35.5. The number of rotatable bonds is 9. The zero-order chi connectivity index (χ0) is 46.2. The molecular formula is C45H35Cl2F6N3O8. The molecule has 2 aliphatic heterocycles. The maximum atomic E-state index is 15.5. The number of allylic oxidation sites excluding steroid dienone is 3. The van der Waals surface area contributed by atoms with Gasteiger partial charge in [0.2, 0.25) is 17.6 Å². The predicted octanol–water partition coefficient (Wildman–Crippen LogP) is 9.50. The first-order valence-corrected chi connectivity index (χ1v) is 20.2. The number of hydrogen-bond donors (Lipinski definition) is 2. The van der Waals surface area contributed by atoms with Crippen LogP contribution in [0.4, 0.5) is 37.7 Å². The van der Waals surface area contributed by atoms with Crippen LogP contribution in [0, 0.1) is 29.6 Å². The minimum Gasteiger partial charge on any atom is -0.502 e. The van der Waals surface area contributed by atoms with Gasteiger partial charge in [0.05, 0.1) is 72.0 Å². The topological polar surface area (TPSA) is 135 Å². The number of nitrogens with one attached hydrogen (secondary N) is 1. The molecule has 0 bridgehead atoms. The van der Waals surface area contributed by atoms with Crippen LogP contribution in [0.25, 0.3) is 6.08 Å². The first kappa shape index (κ1) is 44.4. The van der Waals surface area contributed by atoms with Gasteiger partial charge in [0.15, 0.2) is 11.5 Å². The number of imide groups is 2. The van der Waals surface area contributed by atoms with E-state index in [0.717, 1.165) is 5.01 Å². The Balaban J connectivity index is 1.32. The van der Waals surface area contributed by atoms with Crippen LogP contribution in [0.15, 0.2) is 90.5 Å². The number of methoxy groups -OCH3 is 3. The highest BCUT2D eigenvalue weighted by Crippen LogP contribution is 2.62. The molecule has 2 aliphatic carbocycles. The summed E-state index contributed by atoms with van der Waals surface area (Å²) in [6, 6.07) is 14.3. The number of alkyl halides is 6. The maximum absolute atomic E-state index is 15.5. The number of fused-ring (bicyclic) bond motifs is 4. The second-order valence-electron chi connectivity index (χ2n) is 15.7. The van der Waals surface area contributed by atoms with Crippen LogP contribution in [-0.2, 0) is 36.9 Å². The number of amides is 4. The van der Waals surface area contributed by atoms with Crippen molar-refractivity contribution in [2.75, 3.05) is 31.7 Å². The molecule has 0 spiro atoms. The summed E-state index contributed by atoms with van der Waals surface area (Å²) >= 11 is 12.6. The summed E-state index contributed by atoms with van der Waals surface area (Å²) in [6.07, 6.45) is -6.13. The van der Waals surface area contributed by atoms with E-state index in [2.05, 4.69) is 5.43 Å². The van der Waals surface area contributed by atoms with E-state index in [4.69, 9.17) is 37.4 Å². The van der Waals surface area contributed by atoms with Crippen molar-refractivity contribution in [3.8, 4) is 23.0 Å². The Morgan fingerprint density at radius 1 is 0.781 bits per heavy atom. The number of halogens is 8. The molecule has 19 heteroatoms. The van der Waals surface area contributed by atoms with Crippen molar-refractivity contribution in [1.82, 2.24) is 5.01 Å². The average molecular weight is 931 g/mol. The van der Waals surface area contributed by atoms with Crippen LogP contribution in [0.3, 0.4) is 0 Å². The molecule has 4 aromatic carbocycles. The molecule has 334 valence electrons. The van der Waals surface area contributed by atoms with Gasteiger partial charge >= 0.3 is 12.4 Å². The Kier molecular flexibility index (Phi) is 11.2. The largest absolute Gasteiger partial charge is 0.502 e. The minimum absolute atomic E-state index is 0.0313. The molecule has 4 aromatic rings. The van der Waals surface area contributed by atoms with Crippen LogP contribution in [0.2, 0.25) is 10.0 Å². The minimum atomic E-state index is -5.27. The zero-order valence-corrected chi connectivity index (χ0v) is 35.2. The quantitative estimate of drug-likeness (QED) is 0.0957. The lowest BCUT2D eigenvalue weighted by Crippen LogP contribution is -2.54. The molecule has 0 unspecified atom stereocenters. The number of anilines is 2. The third-order valence-corrected chi connectivity index (χ3v) is 13.0. The highest BCUT2D eigenvalue weighted by Gasteiger charge is 2.69. The van der Waals surface area contributed by atoms with Crippen molar-refractivity contribution in [3.05, 3.63) is 123 Å². The highest BCUT2D eigenvalue weighted by molar-refractivity contribution is 6.36. The number of phenolic OH excluding ortho intramolecular Hbond substituents is 1. The lowest BCUT2D eigenvalue weighted by atomic mass is 9.50. The van der Waals surface area contributed by atoms with Gasteiger partial charge in [-0.05, 0) is 90.6 Å². The molecule has 2 N–H and O–H groups in total. The molecule has 3 fully saturated rings.